The highest BCUT2D eigenvalue weighted by Gasteiger charge is 2.39. The third kappa shape index (κ3) is 1.87. The zero-order valence-electron chi connectivity index (χ0n) is 10.9. The summed E-state index contributed by atoms with van der Waals surface area (Å²) in [5.41, 5.74) is 2.27. The molecule has 2 aromatic heterocycles. The fourth-order valence-corrected chi connectivity index (χ4v) is 3.69. The zero-order valence-corrected chi connectivity index (χ0v) is 11.7. The second kappa shape index (κ2) is 4.68. The molecule has 0 radical (unpaired) electrons. The Hall–Kier alpha value is -2.18. The third-order valence-electron chi connectivity index (χ3n) is 3.56. The number of fused-ring (bicyclic) bond motifs is 3. The highest BCUT2D eigenvalue weighted by molar-refractivity contribution is 8.01. The van der Waals surface area contributed by atoms with Crippen molar-refractivity contribution in [3.05, 3.63) is 54.4 Å². The van der Waals surface area contributed by atoms with Crippen LogP contribution < -0.4 is 0 Å². The molecular weight excluding hydrogens is 286 g/mol. The number of pyridine rings is 1. The predicted octanol–water partition coefficient (Wildman–Crippen LogP) is 2.28. The number of hydrogen-bond acceptors (Lipinski definition) is 5. The van der Waals surface area contributed by atoms with Gasteiger partial charge in [0.15, 0.2) is 5.16 Å². The number of carbonyl (C=O) groups is 1. The first-order valence-electron chi connectivity index (χ1n) is 6.52. The van der Waals surface area contributed by atoms with Crippen LogP contribution in [0.25, 0.3) is 11.0 Å². The van der Waals surface area contributed by atoms with Crippen LogP contribution in [0.1, 0.15) is 16.5 Å². The molecule has 0 saturated heterocycles. The molecule has 21 heavy (non-hydrogen) atoms. The minimum absolute atomic E-state index is 0.131. The number of hydrogen-bond donors (Lipinski definition) is 1. The van der Waals surface area contributed by atoms with E-state index in [0.717, 1.165) is 11.0 Å². The van der Waals surface area contributed by atoms with Crippen molar-refractivity contribution in [2.45, 2.75) is 16.5 Å². The zero-order chi connectivity index (χ0) is 14.4. The molecule has 3 heterocycles. The summed E-state index contributed by atoms with van der Waals surface area (Å²) in [5, 5.41) is 10.5. The highest BCUT2D eigenvalue weighted by Crippen LogP contribution is 2.40. The van der Waals surface area contributed by atoms with Gasteiger partial charge in [-0.25, -0.2) is 4.98 Å². The van der Waals surface area contributed by atoms with Gasteiger partial charge in [0.1, 0.15) is 11.4 Å². The average Bonchev–Trinajstić information content (AvgIpc) is 3.04. The van der Waals surface area contributed by atoms with Crippen LogP contribution >= 0.6 is 11.8 Å². The number of rotatable bonds is 2. The number of aliphatic hydroxyl groups excluding tert-OH is 1. The average molecular weight is 297 g/mol. The van der Waals surface area contributed by atoms with Gasteiger partial charge in [-0.2, -0.15) is 0 Å². The van der Waals surface area contributed by atoms with Crippen molar-refractivity contribution in [2.75, 3.05) is 0 Å². The van der Waals surface area contributed by atoms with Crippen LogP contribution in [-0.2, 0) is 0 Å². The number of para-hydroxylation sites is 2. The topological polar surface area (TPSA) is 68.0 Å². The summed E-state index contributed by atoms with van der Waals surface area (Å²) in [6, 6.07) is 11.0. The van der Waals surface area contributed by atoms with E-state index < -0.39 is 11.4 Å². The Morgan fingerprint density at radius 2 is 1.95 bits per heavy atom. The van der Waals surface area contributed by atoms with Crippen LogP contribution in [0, 0.1) is 0 Å². The first kappa shape index (κ1) is 12.6. The Balaban J connectivity index is 1.74. The first-order valence-corrected chi connectivity index (χ1v) is 7.40. The highest BCUT2D eigenvalue weighted by atomic mass is 32.2. The maximum Gasteiger partial charge on any atom is 0.249 e. The molecule has 6 heteroatoms. The maximum absolute atomic E-state index is 12.6. The summed E-state index contributed by atoms with van der Waals surface area (Å²) in [4.78, 5) is 21.0. The summed E-state index contributed by atoms with van der Waals surface area (Å²) >= 11 is 1.30. The summed E-state index contributed by atoms with van der Waals surface area (Å²) in [5.74, 6) is -0.131. The summed E-state index contributed by atoms with van der Waals surface area (Å²) in [7, 11) is 0. The minimum atomic E-state index is -0.869. The van der Waals surface area contributed by atoms with Crippen LogP contribution in [0.2, 0.25) is 0 Å². The van der Waals surface area contributed by atoms with Gasteiger partial charge in [0.05, 0.1) is 11.0 Å². The van der Waals surface area contributed by atoms with E-state index in [1.165, 1.54) is 11.8 Å². The van der Waals surface area contributed by atoms with Crippen LogP contribution in [0.15, 0.2) is 53.9 Å². The van der Waals surface area contributed by atoms with E-state index in [4.69, 9.17) is 0 Å². The minimum Gasteiger partial charge on any atom is -0.387 e. The normalized spacial score (nSPS) is 18.9. The van der Waals surface area contributed by atoms with Gasteiger partial charge in [0, 0.05) is 12.4 Å². The fraction of sp³-hybridized carbons (Fsp3) is 0.133. The van der Waals surface area contributed by atoms with Gasteiger partial charge < -0.3 is 5.11 Å². The lowest BCUT2D eigenvalue weighted by atomic mass is 10.1. The van der Waals surface area contributed by atoms with E-state index in [2.05, 4.69) is 9.97 Å². The molecule has 5 nitrogen and oxygen atoms in total. The monoisotopic (exact) mass is 297 g/mol. The molecule has 104 valence electrons. The predicted molar refractivity (Wildman–Crippen MR) is 79.2 cm³/mol. The summed E-state index contributed by atoms with van der Waals surface area (Å²) in [6.07, 6.45) is 2.35. The summed E-state index contributed by atoms with van der Waals surface area (Å²) < 4.78 is 1.59. The Labute approximate surface area is 124 Å². The molecule has 0 spiro atoms. The van der Waals surface area contributed by atoms with Gasteiger partial charge in [-0.15, -0.1) is 0 Å². The molecule has 1 N–H and O–H groups in total. The number of aliphatic hydroxyl groups is 1. The number of thioether (sulfide) groups is 1. The van der Waals surface area contributed by atoms with Crippen LogP contribution in [0.3, 0.4) is 0 Å². The van der Waals surface area contributed by atoms with E-state index in [1.54, 1.807) is 29.1 Å². The largest absolute Gasteiger partial charge is 0.387 e. The van der Waals surface area contributed by atoms with E-state index in [0.29, 0.717) is 10.7 Å². The van der Waals surface area contributed by atoms with Crippen molar-refractivity contribution in [3.8, 4) is 0 Å². The molecule has 0 saturated carbocycles. The standard InChI is InChI=1S/C15H11N3O2S/c19-12(9-5-7-16-8-6-9)13-14(20)18-11-4-2-1-3-10(11)17-15(18)21-13/h1-8,12-13,19H/t12-,13-/m1/s1. The van der Waals surface area contributed by atoms with Gasteiger partial charge in [-0.3, -0.25) is 14.3 Å². The summed E-state index contributed by atoms with van der Waals surface area (Å²) in [6.45, 7) is 0. The molecule has 4 rings (SSSR count). The lowest BCUT2D eigenvalue weighted by Crippen LogP contribution is -2.24. The molecule has 0 unspecified atom stereocenters. The van der Waals surface area contributed by atoms with Crippen molar-refractivity contribution in [1.29, 1.82) is 0 Å². The van der Waals surface area contributed by atoms with Crippen LogP contribution in [-0.4, -0.2) is 30.8 Å². The van der Waals surface area contributed by atoms with Crippen molar-refractivity contribution in [3.63, 3.8) is 0 Å². The molecule has 0 fully saturated rings. The lowest BCUT2D eigenvalue weighted by molar-refractivity contribution is 0.0826. The van der Waals surface area contributed by atoms with Gasteiger partial charge in [0.2, 0.25) is 5.91 Å². The Kier molecular flexibility index (Phi) is 2.80. The van der Waals surface area contributed by atoms with E-state index in [9.17, 15) is 9.90 Å². The molecular formula is C15H11N3O2S. The molecule has 1 aliphatic heterocycles. The van der Waals surface area contributed by atoms with Crippen molar-refractivity contribution in [1.82, 2.24) is 14.5 Å². The first-order chi connectivity index (χ1) is 10.3. The SMILES string of the molecule is O=C1[C@@H]([C@H](O)c2ccncc2)Sc2nc3ccccc3n21. The third-order valence-corrected chi connectivity index (χ3v) is 4.76. The number of aromatic nitrogens is 3. The molecule has 2 atom stereocenters. The smallest absolute Gasteiger partial charge is 0.249 e. The van der Waals surface area contributed by atoms with Gasteiger partial charge in [-0.05, 0) is 29.8 Å². The number of benzene rings is 1. The van der Waals surface area contributed by atoms with Crippen molar-refractivity contribution >= 4 is 28.7 Å². The van der Waals surface area contributed by atoms with Crippen molar-refractivity contribution in [2.24, 2.45) is 0 Å². The molecule has 1 aliphatic rings. The Bertz CT molecular complexity index is 831. The van der Waals surface area contributed by atoms with Crippen LogP contribution in [0.4, 0.5) is 0 Å². The van der Waals surface area contributed by atoms with Gasteiger partial charge in [-0.1, -0.05) is 23.9 Å². The molecule has 0 aliphatic carbocycles. The van der Waals surface area contributed by atoms with Gasteiger partial charge in [0.25, 0.3) is 0 Å². The number of nitrogens with zero attached hydrogens (tertiary/aromatic N) is 3. The molecule has 0 bridgehead atoms. The maximum atomic E-state index is 12.6. The second-order valence-corrected chi connectivity index (χ2v) is 5.93. The molecule has 0 amide bonds. The Morgan fingerprint density at radius 3 is 2.76 bits per heavy atom. The van der Waals surface area contributed by atoms with Crippen LogP contribution in [0.5, 0.6) is 0 Å². The molecule has 3 aromatic rings. The lowest BCUT2D eigenvalue weighted by Gasteiger charge is -2.15. The molecule has 1 aromatic carbocycles. The van der Waals surface area contributed by atoms with E-state index >= 15 is 0 Å². The van der Waals surface area contributed by atoms with Crippen molar-refractivity contribution < 1.29 is 9.90 Å². The number of imidazole rings is 1. The second-order valence-electron chi connectivity index (χ2n) is 4.82. The quantitative estimate of drug-likeness (QED) is 0.786. The van der Waals surface area contributed by atoms with E-state index in [1.807, 2.05) is 24.3 Å². The number of carbonyl (C=O) groups excluding carboxylic acids is 1. The fourth-order valence-electron chi connectivity index (χ4n) is 2.52. The van der Waals surface area contributed by atoms with E-state index in [-0.39, 0.29) is 5.91 Å². The van der Waals surface area contributed by atoms with Gasteiger partial charge >= 0.3 is 0 Å². The Morgan fingerprint density at radius 1 is 1.19 bits per heavy atom.